The molecular formula is C6H9NO2S2. The molecule has 0 fully saturated rings. The second-order valence-electron chi connectivity index (χ2n) is 1.93. The van der Waals surface area contributed by atoms with E-state index in [0.717, 1.165) is 0 Å². The maximum Gasteiger partial charge on any atom is 0.250 e. The van der Waals surface area contributed by atoms with Crippen LogP contribution in [0.25, 0.3) is 0 Å². The zero-order valence-electron chi connectivity index (χ0n) is 6.07. The molecule has 0 atom stereocenters. The Morgan fingerprint density at radius 2 is 2.36 bits per heavy atom. The number of nitrogens with one attached hydrogen (secondary N) is 1. The van der Waals surface area contributed by atoms with E-state index in [4.69, 9.17) is 0 Å². The third-order valence-electron chi connectivity index (χ3n) is 1.09. The molecule has 3 nitrogen and oxygen atoms in total. The van der Waals surface area contributed by atoms with Crippen LogP contribution in [0.15, 0.2) is 21.7 Å². The molecule has 0 amide bonds. The van der Waals surface area contributed by atoms with Gasteiger partial charge in [-0.15, -0.1) is 11.3 Å². The van der Waals surface area contributed by atoms with Crippen LogP contribution in [-0.2, 0) is 10.0 Å². The van der Waals surface area contributed by atoms with Crippen LogP contribution in [0.3, 0.4) is 0 Å². The number of rotatable bonds is 3. The highest BCUT2D eigenvalue weighted by atomic mass is 32.2. The summed E-state index contributed by atoms with van der Waals surface area (Å²) < 4.78 is 25.2. The van der Waals surface area contributed by atoms with Gasteiger partial charge in [0.2, 0.25) is 10.0 Å². The van der Waals surface area contributed by atoms with Crippen LogP contribution in [0.2, 0.25) is 0 Å². The lowest BCUT2D eigenvalue weighted by molar-refractivity contribution is 0.586. The Morgan fingerprint density at radius 3 is 2.82 bits per heavy atom. The van der Waals surface area contributed by atoms with Crippen molar-refractivity contribution >= 4 is 21.4 Å². The smallest absolute Gasteiger partial charge is 0.211 e. The summed E-state index contributed by atoms with van der Waals surface area (Å²) >= 11 is 1.22. The molecule has 0 aliphatic heterocycles. The van der Waals surface area contributed by atoms with Gasteiger partial charge in [0, 0.05) is 6.54 Å². The Hall–Kier alpha value is -0.390. The second kappa shape index (κ2) is 3.34. The Kier molecular flexibility index (Phi) is 2.64. The normalized spacial score (nSPS) is 11.7. The zero-order chi connectivity index (χ0) is 8.32. The van der Waals surface area contributed by atoms with Crippen molar-refractivity contribution in [1.82, 2.24) is 4.72 Å². The van der Waals surface area contributed by atoms with Crippen molar-refractivity contribution in [2.24, 2.45) is 0 Å². The molecule has 1 aromatic heterocycles. The molecule has 0 radical (unpaired) electrons. The van der Waals surface area contributed by atoms with Gasteiger partial charge in [0.05, 0.1) is 0 Å². The van der Waals surface area contributed by atoms with E-state index in [-0.39, 0.29) is 0 Å². The van der Waals surface area contributed by atoms with Gasteiger partial charge in [0.15, 0.2) is 0 Å². The molecule has 1 rings (SSSR count). The first kappa shape index (κ1) is 8.70. The van der Waals surface area contributed by atoms with Crippen molar-refractivity contribution in [3.05, 3.63) is 17.5 Å². The van der Waals surface area contributed by atoms with Gasteiger partial charge in [-0.3, -0.25) is 0 Å². The first-order valence-corrected chi connectivity index (χ1v) is 5.56. The molecule has 0 unspecified atom stereocenters. The van der Waals surface area contributed by atoms with Crippen molar-refractivity contribution in [3.63, 3.8) is 0 Å². The molecule has 0 saturated carbocycles. The second-order valence-corrected chi connectivity index (χ2v) is 4.87. The minimum Gasteiger partial charge on any atom is -0.211 e. The quantitative estimate of drug-likeness (QED) is 0.776. The van der Waals surface area contributed by atoms with E-state index in [2.05, 4.69) is 4.72 Å². The summed E-state index contributed by atoms with van der Waals surface area (Å²) in [6.45, 7) is 2.19. The summed E-state index contributed by atoms with van der Waals surface area (Å²) in [5.74, 6) is 0. The number of hydrogen-bond acceptors (Lipinski definition) is 3. The maximum atomic E-state index is 11.2. The fourth-order valence-electron chi connectivity index (χ4n) is 0.678. The van der Waals surface area contributed by atoms with Crippen molar-refractivity contribution in [2.75, 3.05) is 6.54 Å². The molecule has 1 aromatic rings. The summed E-state index contributed by atoms with van der Waals surface area (Å²) in [5.41, 5.74) is 0. The van der Waals surface area contributed by atoms with E-state index in [1.165, 1.54) is 11.3 Å². The lowest BCUT2D eigenvalue weighted by atomic mass is 10.7. The summed E-state index contributed by atoms with van der Waals surface area (Å²) in [4.78, 5) is 0. The third kappa shape index (κ3) is 2.02. The van der Waals surface area contributed by atoms with Gasteiger partial charge in [0.1, 0.15) is 4.21 Å². The topological polar surface area (TPSA) is 46.2 Å². The Labute approximate surface area is 70.1 Å². The van der Waals surface area contributed by atoms with Gasteiger partial charge in [0.25, 0.3) is 0 Å². The van der Waals surface area contributed by atoms with E-state index in [0.29, 0.717) is 10.8 Å². The molecular weight excluding hydrogens is 182 g/mol. The molecule has 0 saturated heterocycles. The molecule has 0 aliphatic rings. The van der Waals surface area contributed by atoms with E-state index < -0.39 is 10.0 Å². The van der Waals surface area contributed by atoms with Crippen LogP contribution in [-0.4, -0.2) is 15.0 Å². The molecule has 62 valence electrons. The monoisotopic (exact) mass is 191 g/mol. The average Bonchev–Trinajstić information content (AvgIpc) is 2.37. The van der Waals surface area contributed by atoms with Gasteiger partial charge in [-0.25, -0.2) is 13.1 Å². The first-order valence-electron chi connectivity index (χ1n) is 3.20. The Bertz CT molecular complexity index is 301. The summed E-state index contributed by atoms with van der Waals surface area (Å²) in [6, 6.07) is 3.30. The lowest BCUT2D eigenvalue weighted by Gasteiger charge is -1.98. The van der Waals surface area contributed by atoms with Gasteiger partial charge in [-0.1, -0.05) is 13.0 Å². The van der Waals surface area contributed by atoms with Crippen LogP contribution < -0.4 is 4.72 Å². The predicted molar refractivity (Wildman–Crippen MR) is 45.2 cm³/mol. The molecule has 11 heavy (non-hydrogen) atoms. The van der Waals surface area contributed by atoms with Crippen LogP contribution in [0, 0.1) is 0 Å². The minimum atomic E-state index is -3.20. The van der Waals surface area contributed by atoms with Crippen LogP contribution in [0.4, 0.5) is 0 Å². The van der Waals surface area contributed by atoms with Gasteiger partial charge < -0.3 is 0 Å². The lowest BCUT2D eigenvalue weighted by Crippen LogP contribution is -2.21. The van der Waals surface area contributed by atoms with Crippen molar-refractivity contribution in [1.29, 1.82) is 0 Å². The molecule has 0 aromatic carbocycles. The Morgan fingerprint density at radius 1 is 1.64 bits per heavy atom. The molecule has 1 N–H and O–H groups in total. The maximum absolute atomic E-state index is 11.2. The van der Waals surface area contributed by atoms with Crippen LogP contribution in [0.1, 0.15) is 6.92 Å². The number of sulfonamides is 1. The minimum absolute atomic E-state index is 0.374. The fourth-order valence-corrected chi connectivity index (χ4v) is 2.76. The summed E-state index contributed by atoms with van der Waals surface area (Å²) in [7, 11) is -3.20. The fraction of sp³-hybridized carbons (Fsp3) is 0.333. The standard InChI is InChI=1S/C6H9NO2S2/c1-2-7-11(8,9)6-4-3-5-10-6/h3-5,7H,2H2,1H3. The molecule has 5 heteroatoms. The number of hydrogen-bond donors (Lipinski definition) is 1. The van der Waals surface area contributed by atoms with Crippen molar-refractivity contribution in [2.45, 2.75) is 11.1 Å². The van der Waals surface area contributed by atoms with E-state index >= 15 is 0 Å². The van der Waals surface area contributed by atoms with E-state index in [1.54, 1.807) is 24.4 Å². The largest absolute Gasteiger partial charge is 0.250 e. The molecule has 0 spiro atoms. The van der Waals surface area contributed by atoms with Crippen molar-refractivity contribution in [3.8, 4) is 0 Å². The van der Waals surface area contributed by atoms with Crippen LogP contribution >= 0.6 is 11.3 Å². The highest BCUT2D eigenvalue weighted by Gasteiger charge is 2.12. The summed E-state index contributed by atoms with van der Waals surface area (Å²) in [5, 5.41) is 1.74. The van der Waals surface area contributed by atoms with Gasteiger partial charge >= 0.3 is 0 Å². The molecule has 0 aliphatic carbocycles. The van der Waals surface area contributed by atoms with Crippen LogP contribution in [0.5, 0.6) is 0 Å². The predicted octanol–water partition coefficient (Wildman–Crippen LogP) is 1.05. The zero-order valence-corrected chi connectivity index (χ0v) is 7.71. The van der Waals surface area contributed by atoms with Gasteiger partial charge in [-0.05, 0) is 11.4 Å². The number of thiophene rings is 1. The Balaban J connectivity index is 2.92. The third-order valence-corrected chi connectivity index (χ3v) is 4.04. The van der Waals surface area contributed by atoms with Gasteiger partial charge in [-0.2, -0.15) is 0 Å². The van der Waals surface area contributed by atoms with E-state index in [9.17, 15) is 8.42 Å². The highest BCUT2D eigenvalue weighted by molar-refractivity contribution is 7.91. The van der Waals surface area contributed by atoms with Crippen molar-refractivity contribution < 1.29 is 8.42 Å². The molecule has 1 heterocycles. The first-order chi connectivity index (χ1) is 5.17. The summed E-state index contributed by atoms with van der Waals surface area (Å²) in [6.07, 6.45) is 0. The molecule has 0 bridgehead atoms. The SMILES string of the molecule is CCNS(=O)(=O)c1cccs1. The average molecular weight is 191 g/mol. The van der Waals surface area contributed by atoms with E-state index in [1.807, 2.05) is 0 Å². The highest BCUT2D eigenvalue weighted by Crippen LogP contribution is 2.14.